The summed E-state index contributed by atoms with van der Waals surface area (Å²) in [5, 5.41) is 0. The van der Waals surface area contributed by atoms with E-state index in [1.165, 1.54) is 12.8 Å². The van der Waals surface area contributed by atoms with E-state index < -0.39 is 0 Å². The first-order valence-electron chi connectivity index (χ1n) is 7.58. The van der Waals surface area contributed by atoms with Crippen LogP contribution in [0.1, 0.15) is 61.3 Å². The summed E-state index contributed by atoms with van der Waals surface area (Å²) in [7, 11) is 0. The second-order valence-corrected chi connectivity index (χ2v) is 7.08. The molecule has 0 saturated heterocycles. The first-order chi connectivity index (χ1) is 7.89. The van der Waals surface area contributed by atoms with Crippen LogP contribution in [0.5, 0.6) is 0 Å². The molecule has 2 aliphatic carbocycles. The van der Waals surface area contributed by atoms with Crippen LogP contribution in [0.3, 0.4) is 0 Å². The Morgan fingerprint density at radius 1 is 1.00 bits per heavy atom. The number of rotatable bonds is 2. The molecule has 2 rings (SSSR count). The molecule has 2 aliphatic rings. The smallest absolute Gasteiger partial charge is 0.0196 e. The molecule has 0 aromatic rings. The van der Waals surface area contributed by atoms with E-state index in [2.05, 4.69) is 46.8 Å². The normalized spacial score (nSPS) is 32.6. The maximum absolute atomic E-state index is 2.50. The van der Waals surface area contributed by atoms with Crippen LogP contribution in [-0.4, -0.2) is 0 Å². The Balaban J connectivity index is 0.000000686. The summed E-state index contributed by atoms with van der Waals surface area (Å²) in [6.07, 6.45) is 7.87. The maximum atomic E-state index is 2.50. The van der Waals surface area contributed by atoms with Gasteiger partial charge in [-0.25, -0.2) is 0 Å². The van der Waals surface area contributed by atoms with Gasteiger partial charge >= 0.3 is 0 Å². The van der Waals surface area contributed by atoms with Gasteiger partial charge < -0.3 is 0 Å². The molecule has 4 atom stereocenters. The average molecular weight is 236 g/mol. The predicted molar refractivity (Wildman–Crippen MR) is 78.0 cm³/mol. The molecule has 1 saturated carbocycles. The van der Waals surface area contributed by atoms with Crippen LogP contribution in [0.4, 0.5) is 0 Å². The van der Waals surface area contributed by atoms with E-state index in [1.54, 1.807) is 0 Å². The Bertz CT molecular complexity index is 254. The second kappa shape index (κ2) is 5.59. The Kier molecular flexibility index (Phi) is 4.86. The van der Waals surface area contributed by atoms with Crippen molar-refractivity contribution in [1.82, 2.24) is 0 Å². The number of hydrogen-bond acceptors (Lipinski definition) is 0. The SMILES string of the molecule is CC.CC(C)C(C1CC2C=CC1C2)C(C)(C)C. The van der Waals surface area contributed by atoms with Crippen LogP contribution < -0.4 is 0 Å². The van der Waals surface area contributed by atoms with E-state index in [0.29, 0.717) is 5.41 Å². The molecule has 4 unspecified atom stereocenters. The van der Waals surface area contributed by atoms with Gasteiger partial charge in [0.05, 0.1) is 0 Å². The average Bonchev–Trinajstić information content (AvgIpc) is 2.79. The molecule has 0 spiro atoms. The standard InChI is InChI=1S/C15H26.C2H6/c1-10(2)14(15(3,4)5)13-9-11-6-7-12(13)8-11;1-2/h6-7,10-14H,8-9H2,1-5H3;1-2H3. The summed E-state index contributed by atoms with van der Waals surface area (Å²) in [5.74, 6) is 4.49. The molecule has 0 radical (unpaired) electrons. The van der Waals surface area contributed by atoms with E-state index >= 15 is 0 Å². The molecule has 100 valence electrons. The largest absolute Gasteiger partial charge is 0.0851 e. The maximum Gasteiger partial charge on any atom is -0.0196 e. The third-order valence-electron chi connectivity index (χ3n) is 4.51. The van der Waals surface area contributed by atoms with Crippen molar-refractivity contribution in [2.24, 2.45) is 35.0 Å². The first kappa shape index (κ1) is 14.8. The Labute approximate surface area is 109 Å². The van der Waals surface area contributed by atoms with Gasteiger partial charge in [-0.2, -0.15) is 0 Å². The van der Waals surface area contributed by atoms with Crippen molar-refractivity contribution in [3.05, 3.63) is 12.2 Å². The fourth-order valence-electron chi connectivity index (χ4n) is 4.37. The lowest BCUT2D eigenvalue weighted by Gasteiger charge is -2.41. The van der Waals surface area contributed by atoms with Crippen LogP contribution in [0.2, 0.25) is 0 Å². The molecular weight excluding hydrogens is 204 g/mol. The second-order valence-electron chi connectivity index (χ2n) is 7.08. The molecule has 2 bridgehead atoms. The Morgan fingerprint density at radius 3 is 1.88 bits per heavy atom. The van der Waals surface area contributed by atoms with Crippen LogP contribution in [0, 0.1) is 35.0 Å². The molecule has 0 aliphatic heterocycles. The third kappa shape index (κ3) is 3.14. The summed E-state index contributed by atoms with van der Waals surface area (Å²) in [5.41, 5.74) is 0.469. The predicted octanol–water partition coefficient (Wildman–Crippen LogP) is 5.54. The van der Waals surface area contributed by atoms with Gasteiger partial charge in [0.1, 0.15) is 0 Å². The number of fused-ring (bicyclic) bond motifs is 2. The fourth-order valence-corrected chi connectivity index (χ4v) is 4.37. The monoisotopic (exact) mass is 236 g/mol. The fraction of sp³-hybridized carbons (Fsp3) is 0.882. The van der Waals surface area contributed by atoms with Crippen molar-refractivity contribution >= 4 is 0 Å². The lowest BCUT2D eigenvalue weighted by molar-refractivity contribution is 0.0891. The highest BCUT2D eigenvalue weighted by molar-refractivity contribution is 5.12. The Hall–Kier alpha value is -0.260. The van der Waals surface area contributed by atoms with Gasteiger partial charge in [-0.3, -0.25) is 0 Å². The topological polar surface area (TPSA) is 0 Å². The summed E-state index contributed by atoms with van der Waals surface area (Å²) in [6, 6.07) is 0. The lowest BCUT2D eigenvalue weighted by atomic mass is 9.64. The van der Waals surface area contributed by atoms with Crippen LogP contribution in [-0.2, 0) is 0 Å². The van der Waals surface area contributed by atoms with Crippen molar-refractivity contribution in [2.45, 2.75) is 61.3 Å². The van der Waals surface area contributed by atoms with Crippen LogP contribution in [0.25, 0.3) is 0 Å². The van der Waals surface area contributed by atoms with Gasteiger partial charge in [-0.1, -0.05) is 60.6 Å². The van der Waals surface area contributed by atoms with Crippen LogP contribution in [0.15, 0.2) is 12.2 Å². The van der Waals surface area contributed by atoms with Gasteiger partial charge in [0.15, 0.2) is 0 Å². The lowest BCUT2D eigenvalue weighted by Crippen LogP contribution is -2.34. The van der Waals surface area contributed by atoms with Crippen molar-refractivity contribution in [1.29, 1.82) is 0 Å². The van der Waals surface area contributed by atoms with Crippen molar-refractivity contribution in [3.63, 3.8) is 0 Å². The van der Waals surface area contributed by atoms with Gasteiger partial charge in [-0.15, -0.1) is 0 Å². The molecule has 0 amide bonds. The molecule has 0 aromatic heterocycles. The molecule has 0 aromatic carbocycles. The van der Waals surface area contributed by atoms with E-state index in [4.69, 9.17) is 0 Å². The minimum Gasteiger partial charge on any atom is -0.0851 e. The quantitative estimate of drug-likeness (QED) is 0.552. The third-order valence-corrected chi connectivity index (χ3v) is 4.51. The highest BCUT2D eigenvalue weighted by atomic mass is 14.5. The first-order valence-corrected chi connectivity index (χ1v) is 7.58. The molecule has 0 heterocycles. The number of hydrogen-bond donors (Lipinski definition) is 0. The van der Waals surface area contributed by atoms with Gasteiger partial charge in [0.2, 0.25) is 0 Å². The Morgan fingerprint density at radius 2 is 1.59 bits per heavy atom. The van der Waals surface area contributed by atoms with Gasteiger partial charge in [-0.05, 0) is 47.8 Å². The van der Waals surface area contributed by atoms with Crippen molar-refractivity contribution < 1.29 is 0 Å². The highest BCUT2D eigenvalue weighted by Gasteiger charge is 2.44. The molecule has 0 nitrogen and oxygen atoms in total. The highest BCUT2D eigenvalue weighted by Crippen LogP contribution is 2.52. The molecular formula is C17H32. The molecule has 0 N–H and O–H groups in total. The molecule has 1 fully saturated rings. The zero-order valence-electron chi connectivity index (χ0n) is 13.0. The summed E-state index contributed by atoms with van der Waals surface area (Å²) >= 11 is 0. The zero-order chi connectivity index (χ0) is 13.2. The van der Waals surface area contributed by atoms with Gasteiger partial charge in [0, 0.05) is 0 Å². The molecule has 17 heavy (non-hydrogen) atoms. The minimum atomic E-state index is 0.469. The summed E-state index contributed by atoms with van der Waals surface area (Å²) in [6.45, 7) is 16.1. The minimum absolute atomic E-state index is 0.469. The summed E-state index contributed by atoms with van der Waals surface area (Å²) < 4.78 is 0. The van der Waals surface area contributed by atoms with Crippen molar-refractivity contribution in [3.8, 4) is 0 Å². The van der Waals surface area contributed by atoms with E-state index in [-0.39, 0.29) is 0 Å². The molecule has 0 heteroatoms. The summed E-state index contributed by atoms with van der Waals surface area (Å²) in [4.78, 5) is 0. The zero-order valence-corrected chi connectivity index (χ0v) is 13.0. The van der Waals surface area contributed by atoms with E-state index in [1.807, 2.05) is 13.8 Å². The number of allylic oxidation sites excluding steroid dienone is 2. The van der Waals surface area contributed by atoms with Crippen molar-refractivity contribution in [2.75, 3.05) is 0 Å². The van der Waals surface area contributed by atoms with E-state index in [9.17, 15) is 0 Å². The van der Waals surface area contributed by atoms with Crippen LogP contribution >= 0.6 is 0 Å². The van der Waals surface area contributed by atoms with Gasteiger partial charge in [0.25, 0.3) is 0 Å². The van der Waals surface area contributed by atoms with E-state index in [0.717, 1.165) is 29.6 Å².